The molecule has 1 aromatic carbocycles. The fourth-order valence-corrected chi connectivity index (χ4v) is 2.50. The highest BCUT2D eigenvalue weighted by Gasteiger charge is 2.15. The summed E-state index contributed by atoms with van der Waals surface area (Å²) < 4.78 is 0. The van der Waals surface area contributed by atoms with E-state index in [1.807, 2.05) is 26.0 Å². The van der Waals surface area contributed by atoms with Crippen LogP contribution in [0.15, 0.2) is 24.3 Å². The van der Waals surface area contributed by atoms with Crippen LogP contribution in [0.25, 0.3) is 0 Å². The number of hydrogen-bond donors (Lipinski definition) is 1. The molecule has 0 aliphatic rings. The predicted molar refractivity (Wildman–Crippen MR) is 99.4 cm³/mol. The van der Waals surface area contributed by atoms with Gasteiger partial charge in [0.05, 0.1) is 0 Å². The summed E-state index contributed by atoms with van der Waals surface area (Å²) in [5.74, 6) is -0.0636. The van der Waals surface area contributed by atoms with E-state index >= 15 is 0 Å². The van der Waals surface area contributed by atoms with Crippen LogP contribution >= 0.6 is 0 Å². The highest BCUT2D eigenvalue weighted by atomic mass is 16.2. The largest absolute Gasteiger partial charge is 0.352 e. The van der Waals surface area contributed by atoms with E-state index in [9.17, 15) is 9.59 Å². The Hall–Kier alpha value is -1.88. The molecule has 0 radical (unpaired) electrons. The fraction of sp³-hybridized carbons (Fsp3) is 0.579. The average molecular weight is 333 g/mol. The van der Waals surface area contributed by atoms with Gasteiger partial charge in [0, 0.05) is 30.8 Å². The molecule has 0 aliphatic carbocycles. The number of carbonyl (C=O) groups excluding carboxylic acids is 2. The third-order valence-electron chi connectivity index (χ3n) is 4.17. The Morgan fingerprint density at radius 1 is 1.08 bits per heavy atom. The van der Waals surface area contributed by atoms with Gasteiger partial charge < -0.3 is 15.1 Å². The highest BCUT2D eigenvalue weighted by molar-refractivity contribution is 5.96. The van der Waals surface area contributed by atoms with E-state index < -0.39 is 0 Å². The van der Waals surface area contributed by atoms with Gasteiger partial charge in [0.25, 0.3) is 5.91 Å². The van der Waals surface area contributed by atoms with E-state index in [0.29, 0.717) is 12.1 Å². The van der Waals surface area contributed by atoms with Crippen LogP contribution in [0.4, 0.5) is 5.69 Å². The molecule has 0 heterocycles. The second-order valence-corrected chi connectivity index (χ2v) is 6.24. The lowest BCUT2D eigenvalue weighted by atomic mass is 10.1. The number of rotatable bonds is 9. The quantitative estimate of drug-likeness (QED) is 0.707. The lowest BCUT2D eigenvalue weighted by Crippen LogP contribution is -2.31. The Kier molecular flexibility index (Phi) is 8.47. The molecule has 0 fully saturated rings. The first-order valence-electron chi connectivity index (χ1n) is 8.78. The van der Waals surface area contributed by atoms with Gasteiger partial charge >= 0.3 is 0 Å². The minimum absolute atomic E-state index is 0.0521. The maximum absolute atomic E-state index is 12.1. The van der Waals surface area contributed by atoms with Crippen LogP contribution < -0.4 is 10.2 Å². The van der Waals surface area contributed by atoms with Gasteiger partial charge in [-0.3, -0.25) is 9.59 Å². The Bertz CT molecular complexity index is 522. The number of nitrogens with one attached hydrogen (secondary N) is 1. The molecule has 0 unspecified atom stereocenters. The van der Waals surface area contributed by atoms with Crippen LogP contribution in [0.3, 0.4) is 0 Å². The standard InChI is InChI=1S/C19H31N3O2/c1-6-22(7-2)14-8-13-20-18(23)16-9-11-17(12-10-16)21(5)19(24)15(3)4/h9-12,15H,6-8,13-14H2,1-5H3,(H,20,23). The number of amides is 2. The molecule has 0 aliphatic heterocycles. The van der Waals surface area contributed by atoms with E-state index in [1.54, 1.807) is 24.1 Å². The SMILES string of the molecule is CCN(CC)CCCNC(=O)c1ccc(N(C)C(=O)C(C)C)cc1. The first-order valence-corrected chi connectivity index (χ1v) is 8.78. The number of nitrogens with zero attached hydrogens (tertiary/aromatic N) is 2. The van der Waals surface area contributed by atoms with Crippen LogP contribution in [0.2, 0.25) is 0 Å². The molecule has 0 aromatic heterocycles. The zero-order chi connectivity index (χ0) is 18.1. The molecule has 0 atom stereocenters. The van der Waals surface area contributed by atoms with Crippen LogP contribution in [0, 0.1) is 5.92 Å². The smallest absolute Gasteiger partial charge is 0.251 e. The molecule has 0 saturated heterocycles. The van der Waals surface area contributed by atoms with Gasteiger partial charge in [-0.15, -0.1) is 0 Å². The average Bonchev–Trinajstić information content (AvgIpc) is 2.60. The Morgan fingerprint density at radius 3 is 2.17 bits per heavy atom. The molecule has 0 spiro atoms. The molecule has 0 saturated carbocycles. The molecule has 5 heteroatoms. The summed E-state index contributed by atoms with van der Waals surface area (Å²) in [5.41, 5.74) is 1.42. The second-order valence-electron chi connectivity index (χ2n) is 6.24. The summed E-state index contributed by atoms with van der Waals surface area (Å²) in [5, 5.41) is 2.95. The third kappa shape index (κ3) is 5.96. The summed E-state index contributed by atoms with van der Waals surface area (Å²) in [7, 11) is 1.75. The lowest BCUT2D eigenvalue weighted by molar-refractivity contribution is -0.121. The molecular formula is C19H31N3O2. The summed E-state index contributed by atoms with van der Waals surface area (Å²) in [6, 6.07) is 7.15. The Morgan fingerprint density at radius 2 is 1.67 bits per heavy atom. The van der Waals surface area contributed by atoms with Gasteiger partial charge in [-0.25, -0.2) is 0 Å². The fourth-order valence-electron chi connectivity index (χ4n) is 2.50. The van der Waals surface area contributed by atoms with Crippen molar-refractivity contribution in [2.24, 2.45) is 5.92 Å². The van der Waals surface area contributed by atoms with Crippen LogP contribution in [0.5, 0.6) is 0 Å². The lowest BCUT2D eigenvalue weighted by Gasteiger charge is -2.20. The van der Waals surface area contributed by atoms with Crippen LogP contribution in [-0.4, -0.2) is 49.9 Å². The van der Waals surface area contributed by atoms with Crippen molar-refractivity contribution in [1.29, 1.82) is 0 Å². The molecule has 1 rings (SSSR count). The summed E-state index contributed by atoms with van der Waals surface area (Å²) in [6.45, 7) is 11.8. The van der Waals surface area contributed by atoms with E-state index in [0.717, 1.165) is 31.7 Å². The van der Waals surface area contributed by atoms with Crippen LogP contribution in [-0.2, 0) is 4.79 Å². The molecule has 24 heavy (non-hydrogen) atoms. The first-order chi connectivity index (χ1) is 11.4. The van der Waals surface area contributed by atoms with Crippen molar-refractivity contribution in [3.05, 3.63) is 29.8 Å². The minimum atomic E-state index is -0.0704. The first kappa shape index (κ1) is 20.2. The van der Waals surface area contributed by atoms with E-state index in [4.69, 9.17) is 0 Å². The second kappa shape index (κ2) is 10.1. The van der Waals surface area contributed by atoms with Crippen molar-refractivity contribution < 1.29 is 9.59 Å². The monoisotopic (exact) mass is 333 g/mol. The van der Waals surface area contributed by atoms with Gasteiger partial charge in [0.2, 0.25) is 5.91 Å². The normalized spacial score (nSPS) is 11.0. The number of carbonyl (C=O) groups is 2. The molecule has 5 nitrogen and oxygen atoms in total. The van der Waals surface area contributed by atoms with Crippen molar-refractivity contribution in [2.45, 2.75) is 34.1 Å². The molecule has 1 N–H and O–H groups in total. The summed E-state index contributed by atoms with van der Waals surface area (Å²) in [4.78, 5) is 28.1. The third-order valence-corrected chi connectivity index (χ3v) is 4.17. The van der Waals surface area contributed by atoms with Gasteiger partial charge in [-0.2, -0.15) is 0 Å². The van der Waals surface area contributed by atoms with Gasteiger partial charge in [0.1, 0.15) is 0 Å². The van der Waals surface area contributed by atoms with E-state index in [1.165, 1.54) is 0 Å². The zero-order valence-corrected chi connectivity index (χ0v) is 15.6. The minimum Gasteiger partial charge on any atom is -0.352 e. The molecular weight excluding hydrogens is 302 g/mol. The van der Waals surface area contributed by atoms with Crippen molar-refractivity contribution >= 4 is 17.5 Å². The van der Waals surface area contributed by atoms with Gasteiger partial charge in [-0.05, 0) is 50.3 Å². The zero-order valence-electron chi connectivity index (χ0n) is 15.6. The van der Waals surface area contributed by atoms with Crippen molar-refractivity contribution in [1.82, 2.24) is 10.2 Å². The maximum Gasteiger partial charge on any atom is 0.251 e. The van der Waals surface area contributed by atoms with E-state index in [2.05, 4.69) is 24.1 Å². The van der Waals surface area contributed by atoms with Gasteiger partial charge in [-0.1, -0.05) is 27.7 Å². The van der Waals surface area contributed by atoms with Crippen molar-refractivity contribution in [2.75, 3.05) is 38.1 Å². The summed E-state index contributed by atoms with van der Waals surface area (Å²) in [6.07, 6.45) is 0.942. The molecule has 134 valence electrons. The van der Waals surface area contributed by atoms with E-state index in [-0.39, 0.29) is 17.7 Å². The van der Waals surface area contributed by atoms with Crippen molar-refractivity contribution in [3.63, 3.8) is 0 Å². The Balaban J connectivity index is 2.50. The topological polar surface area (TPSA) is 52.7 Å². The summed E-state index contributed by atoms with van der Waals surface area (Å²) >= 11 is 0. The van der Waals surface area contributed by atoms with Crippen molar-refractivity contribution in [3.8, 4) is 0 Å². The molecule has 2 amide bonds. The maximum atomic E-state index is 12.1. The number of anilines is 1. The Labute approximate surface area is 146 Å². The number of hydrogen-bond acceptors (Lipinski definition) is 3. The molecule has 1 aromatic rings. The molecule has 0 bridgehead atoms. The number of benzene rings is 1. The van der Waals surface area contributed by atoms with Gasteiger partial charge in [0.15, 0.2) is 0 Å². The highest BCUT2D eigenvalue weighted by Crippen LogP contribution is 2.16. The predicted octanol–water partition coefficient (Wildman–Crippen LogP) is 2.77. The van der Waals surface area contributed by atoms with Crippen LogP contribution in [0.1, 0.15) is 44.5 Å².